The normalized spacial score (nSPS) is 10.8. The van der Waals surface area contributed by atoms with Gasteiger partial charge in [0.05, 0.1) is 25.2 Å². The zero-order valence-electron chi connectivity index (χ0n) is 21.2. The van der Waals surface area contributed by atoms with E-state index in [9.17, 15) is 4.79 Å². The van der Waals surface area contributed by atoms with Gasteiger partial charge in [-0.2, -0.15) is 0 Å². The third kappa shape index (κ3) is 5.98. The molecule has 9 nitrogen and oxygen atoms in total. The molecule has 2 aromatic heterocycles. The summed E-state index contributed by atoms with van der Waals surface area (Å²) < 4.78 is 23.1. The van der Waals surface area contributed by atoms with Crippen LogP contribution in [0.3, 0.4) is 0 Å². The molecule has 198 valence electrons. The number of fused-ring (bicyclic) bond motifs is 1. The first-order valence-corrected chi connectivity index (χ1v) is 13.3. The van der Waals surface area contributed by atoms with Crippen LogP contribution in [0.5, 0.6) is 28.7 Å². The Balaban J connectivity index is 1.62. The topological polar surface area (TPSA) is 104 Å². The van der Waals surface area contributed by atoms with E-state index in [2.05, 4.69) is 48.3 Å². The molecule has 3 unspecified atom stereocenters. The van der Waals surface area contributed by atoms with E-state index in [1.54, 1.807) is 43.8 Å². The summed E-state index contributed by atoms with van der Waals surface area (Å²) in [6.07, 6.45) is 3.27. The van der Waals surface area contributed by atoms with Gasteiger partial charge in [-0.3, -0.25) is 14.8 Å². The maximum atomic E-state index is 13.0. The number of methoxy groups -OCH3 is 2. The molecular formula is C26H29N4O5P3. The Labute approximate surface area is 228 Å². The number of ether oxygens (including phenoxy) is 4. The SMILES string of the molecule is CNCCOc1cc2nccc(Oc3ccc(NC(=O)c4c(OC)ccnc4P)c(P)c3P)c2cc1OC. The van der Waals surface area contributed by atoms with Crippen LogP contribution in [-0.2, 0) is 0 Å². The van der Waals surface area contributed by atoms with E-state index < -0.39 is 0 Å². The van der Waals surface area contributed by atoms with E-state index in [0.717, 1.165) is 16.0 Å². The second kappa shape index (κ2) is 12.6. The van der Waals surface area contributed by atoms with E-state index in [4.69, 9.17) is 18.9 Å². The van der Waals surface area contributed by atoms with Crippen LogP contribution in [0.15, 0.2) is 48.8 Å². The highest BCUT2D eigenvalue weighted by atomic mass is 31.0. The first kappa shape index (κ1) is 27.9. The van der Waals surface area contributed by atoms with Crippen molar-refractivity contribution >= 4 is 66.3 Å². The summed E-state index contributed by atoms with van der Waals surface area (Å²) in [6.45, 7) is 1.20. The van der Waals surface area contributed by atoms with Crippen LogP contribution in [-0.4, -0.2) is 50.3 Å². The van der Waals surface area contributed by atoms with Gasteiger partial charge in [-0.1, -0.05) is 9.24 Å². The van der Waals surface area contributed by atoms with Crippen molar-refractivity contribution in [2.24, 2.45) is 0 Å². The number of likely N-dealkylation sites (N-methyl/N-ethyl adjacent to an activating group) is 1. The molecule has 12 heteroatoms. The second-order valence-electron chi connectivity index (χ2n) is 8.05. The van der Waals surface area contributed by atoms with Gasteiger partial charge in [0.1, 0.15) is 29.4 Å². The number of pyridine rings is 2. The number of amides is 1. The molecule has 1 amide bonds. The predicted octanol–water partition coefficient (Wildman–Crippen LogP) is 2.79. The van der Waals surface area contributed by atoms with Crippen molar-refractivity contribution in [1.82, 2.24) is 15.3 Å². The molecule has 4 rings (SSSR count). The standard InChI is InChI=1S/C26H29N4O5P3/c1-27-10-11-34-21-13-16-14(12-20(21)33-3)17(6-8-28-16)35-19-5-4-15(23(36)24(19)37)30-25(31)22-18(32-2)7-9-29-26(22)38/h4-9,12-13,27H,10-11,36-38H2,1-3H3,(H,30,31). The molecule has 2 N–H and O–H groups in total. The zero-order valence-corrected chi connectivity index (χ0v) is 24.7. The van der Waals surface area contributed by atoms with Gasteiger partial charge in [0.2, 0.25) is 0 Å². The number of hydrogen-bond acceptors (Lipinski definition) is 8. The molecule has 4 aromatic rings. The smallest absolute Gasteiger partial charge is 0.261 e. The molecule has 0 fully saturated rings. The largest absolute Gasteiger partial charge is 0.496 e. The van der Waals surface area contributed by atoms with E-state index in [1.165, 1.54) is 7.11 Å². The lowest BCUT2D eigenvalue weighted by Gasteiger charge is -2.17. The minimum absolute atomic E-state index is 0.332. The average molecular weight is 570 g/mol. The lowest BCUT2D eigenvalue weighted by molar-refractivity contribution is 0.102. The van der Waals surface area contributed by atoms with E-state index in [-0.39, 0.29) is 5.91 Å². The summed E-state index contributed by atoms with van der Waals surface area (Å²) in [5.41, 5.74) is 2.16. The van der Waals surface area contributed by atoms with Crippen LogP contribution < -0.4 is 45.6 Å². The highest BCUT2D eigenvalue weighted by Crippen LogP contribution is 2.37. The molecule has 0 saturated heterocycles. The van der Waals surface area contributed by atoms with E-state index >= 15 is 0 Å². The van der Waals surface area contributed by atoms with Crippen molar-refractivity contribution < 1.29 is 23.7 Å². The van der Waals surface area contributed by atoms with Crippen molar-refractivity contribution in [1.29, 1.82) is 0 Å². The number of nitrogens with zero attached hydrogens (tertiary/aromatic N) is 2. The van der Waals surface area contributed by atoms with E-state index in [0.29, 0.717) is 64.1 Å². The average Bonchev–Trinajstić information content (AvgIpc) is 2.92. The summed E-state index contributed by atoms with van der Waals surface area (Å²) in [5, 5.41) is 8.28. The Morgan fingerprint density at radius 1 is 0.868 bits per heavy atom. The highest BCUT2D eigenvalue weighted by molar-refractivity contribution is 7.36. The van der Waals surface area contributed by atoms with Crippen molar-refractivity contribution in [3.63, 3.8) is 0 Å². The number of anilines is 1. The zero-order chi connectivity index (χ0) is 27.2. The van der Waals surface area contributed by atoms with Crippen LogP contribution in [0.4, 0.5) is 5.69 Å². The predicted molar refractivity (Wildman–Crippen MR) is 161 cm³/mol. The van der Waals surface area contributed by atoms with Gasteiger partial charge in [-0.15, -0.1) is 18.5 Å². The van der Waals surface area contributed by atoms with Crippen molar-refractivity contribution in [2.75, 3.05) is 39.7 Å². The van der Waals surface area contributed by atoms with Gasteiger partial charge < -0.3 is 29.6 Å². The molecule has 38 heavy (non-hydrogen) atoms. The van der Waals surface area contributed by atoms with Crippen molar-refractivity contribution in [3.05, 3.63) is 54.4 Å². The third-order valence-electron chi connectivity index (χ3n) is 5.70. The van der Waals surface area contributed by atoms with Gasteiger partial charge in [-0.05, 0) is 37.4 Å². The number of rotatable bonds is 10. The molecule has 0 aliphatic heterocycles. The first-order chi connectivity index (χ1) is 18.4. The van der Waals surface area contributed by atoms with Crippen molar-refractivity contribution in [3.8, 4) is 28.7 Å². The molecule has 0 radical (unpaired) electrons. The number of aromatic nitrogens is 2. The molecule has 2 heterocycles. The molecule has 3 atom stereocenters. The van der Waals surface area contributed by atoms with Gasteiger partial charge in [0, 0.05) is 46.7 Å². The van der Waals surface area contributed by atoms with Gasteiger partial charge in [-0.25, -0.2) is 0 Å². The quantitative estimate of drug-likeness (QED) is 0.222. The van der Waals surface area contributed by atoms with E-state index in [1.807, 2.05) is 19.2 Å². The van der Waals surface area contributed by atoms with Crippen LogP contribution in [0, 0.1) is 0 Å². The maximum absolute atomic E-state index is 13.0. The Morgan fingerprint density at radius 3 is 2.34 bits per heavy atom. The Morgan fingerprint density at radius 2 is 1.61 bits per heavy atom. The summed E-state index contributed by atoms with van der Waals surface area (Å²) >= 11 is 0. The van der Waals surface area contributed by atoms with Gasteiger partial charge in [0.15, 0.2) is 11.5 Å². The molecule has 0 spiro atoms. The number of carbonyl (C=O) groups excluding carboxylic acids is 1. The number of carbonyl (C=O) groups is 1. The Bertz CT molecular complexity index is 1490. The van der Waals surface area contributed by atoms with Crippen LogP contribution in [0.2, 0.25) is 0 Å². The molecule has 0 aliphatic rings. The first-order valence-electron chi connectivity index (χ1n) is 11.6. The molecular weight excluding hydrogens is 541 g/mol. The Kier molecular flexibility index (Phi) is 9.30. The van der Waals surface area contributed by atoms with Gasteiger partial charge in [0.25, 0.3) is 5.91 Å². The minimum atomic E-state index is -0.332. The summed E-state index contributed by atoms with van der Waals surface area (Å²) in [5.74, 6) is 2.51. The lowest BCUT2D eigenvalue weighted by Crippen LogP contribution is -2.25. The maximum Gasteiger partial charge on any atom is 0.261 e. The number of benzene rings is 2. The van der Waals surface area contributed by atoms with Gasteiger partial charge >= 0.3 is 0 Å². The highest BCUT2D eigenvalue weighted by Gasteiger charge is 2.19. The molecule has 0 saturated carbocycles. The number of hydrogen-bond donors (Lipinski definition) is 2. The fourth-order valence-corrected chi connectivity index (χ4v) is 4.71. The fourth-order valence-electron chi connectivity index (χ4n) is 3.73. The molecule has 2 aromatic carbocycles. The van der Waals surface area contributed by atoms with Crippen LogP contribution in [0.25, 0.3) is 10.9 Å². The summed E-state index contributed by atoms with van der Waals surface area (Å²) in [6, 6.07) is 10.7. The summed E-state index contributed by atoms with van der Waals surface area (Å²) in [7, 11) is 12.8. The van der Waals surface area contributed by atoms with Crippen LogP contribution >= 0.6 is 27.7 Å². The second-order valence-corrected chi connectivity index (χ2v) is 9.75. The van der Waals surface area contributed by atoms with Crippen LogP contribution in [0.1, 0.15) is 10.4 Å². The Hall–Kier alpha value is -3.08. The third-order valence-corrected chi connectivity index (χ3v) is 7.69. The number of nitrogens with one attached hydrogen (secondary N) is 2. The fraction of sp³-hybridized carbons (Fsp3) is 0.192. The lowest BCUT2D eigenvalue weighted by atomic mass is 10.1. The monoisotopic (exact) mass is 570 g/mol. The minimum Gasteiger partial charge on any atom is -0.496 e. The molecule has 0 aliphatic carbocycles. The van der Waals surface area contributed by atoms with Crippen molar-refractivity contribution in [2.45, 2.75) is 0 Å². The molecule has 0 bridgehead atoms. The summed E-state index contributed by atoms with van der Waals surface area (Å²) in [4.78, 5) is 21.7.